The Bertz CT molecular complexity index is 318. The van der Waals surface area contributed by atoms with Crippen molar-refractivity contribution in [3.63, 3.8) is 0 Å². The van der Waals surface area contributed by atoms with Gasteiger partial charge in [0.05, 0.1) is 7.11 Å². The lowest BCUT2D eigenvalue weighted by atomic mass is 9.83. The largest absolute Gasteiger partial charge is 0.496 e. The van der Waals surface area contributed by atoms with E-state index >= 15 is 0 Å². The van der Waals surface area contributed by atoms with E-state index in [0.29, 0.717) is 6.54 Å². The molecule has 0 atom stereocenters. The van der Waals surface area contributed by atoms with E-state index in [2.05, 4.69) is 32.9 Å². The van der Waals surface area contributed by atoms with Gasteiger partial charge in [-0.3, -0.25) is 0 Å². The second-order valence-corrected chi connectivity index (χ2v) is 4.29. The molecule has 2 nitrogen and oxygen atoms in total. The predicted molar refractivity (Wildman–Crippen MR) is 59.8 cm³/mol. The third-order valence-electron chi connectivity index (χ3n) is 2.59. The summed E-state index contributed by atoms with van der Waals surface area (Å²) in [7, 11) is 1.70. The Labute approximate surface area is 86.1 Å². The molecule has 0 radical (unpaired) electrons. The SMILES string of the molecule is COc1ccc(C)cc1C(C)(C)CN. The molecule has 0 amide bonds. The summed E-state index contributed by atoms with van der Waals surface area (Å²) in [5, 5.41) is 0. The van der Waals surface area contributed by atoms with Crippen molar-refractivity contribution in [3.05, 3.63) is 29.3 Å². The predicted octanol–water partition coefficient (Wildman–Crippen LogP) is 2.24. The number of aryl methyl sites for hydroxylation is 1. The average Bonchev–Trinajstić information content (AvgIpc) is 2.18. The quantitative estimate of drug-likeness (QED) is 0.799. The second-order valence-electron chi connectivity index (χ2n) is 4.29. The summed E-state index contributed by atoms with van der Waals surface area (Å²) in [4.78, 5) is 0. The van der Waals surface area contributed by atoms with Crippen LogP contribution in [0.3, 0.4) is 0 Å². The molecule has 0 fully saturated rings. The van der Waals surface area contributed by atoms with Crippen molar-refractivity contribution < 1.29 is 4.74 Å². The normalized spacial score (nSPS) is 11.5. The third kappa shape index (κ3) is 2.07. The standard InChI is InChI=1S/C12H19NO/c1-9-5-6-11(14-4)10(7-9)12(2,3)8-13/h5-7H,8,13H2,1-4H3. The van der Waals surface area contributed by atoms with Gasteiger partial charge in [-0.25, -0.2) is 0 Å². The molecule has 0 aliphatic heterocycles. The van der Waals surface area contributed by atoms with E-state index in [1.54, 1.807) is 7.11 Å². The fourth-order valence-corrected chi connectivity index (χ4v) is 1.46. The summed E-state index contributed by atoms with van der Waals surface area (Å²) in [5.41, 5.74) is 8.15. The van der Waals surface area contributed by atoms with Gasteiger partial charge < -0.3 is 10.5 Å². The Kier molecular flexibility index (Phi) is 3.17. The van der Waals surface area contributed by atoms with Crippen molar-refractivity contribution in [1.82, 2.24) is 0 Å². The lowest BCUT2D eigenvalue weighted by Gasteiger charge is -2.25. The Morgan fingerprint density at radius 1 is 1.36 bits per heavy atom. The highest BCUT2D eigenvalue weighted by Crippen LogP contribution is 2.31. The smallest absolute Gasteiger partial charge is 0.122 e. The van der Waals surface area contributed by atoms with Crippen LogP contribution in [0.5, 0.6) is 5.75 Å². The van der Waals surface area contributed by atoms with E-state index in [1.165, 1.54) is 11.1 Å². The fourth-order valence-electron chi connectivity index (χ4n) is 1.46. The van der Waals surface area contributed by atoms with Crippen LogP contribution >= 0.6 is 0 Å². The van der Waals surface area contributed by atoms with Crippen LogP contribution in [0, 0.1) is 6.92 Å². The highest BCUT2D eigenvalue weighted by Gasteiger charge is 2.22. The molecule has 0 spiro atoms. The van der Waals surface area contributed by atoms with Crippen molar-refractivity contribution in [1.29, 1.82) is 0 Å². The van der Waals surface area contributed by atoms with Crippen molar-refractivity contribution in [3.8, 4) is 5.75 Å². The molecule has 0 saturated heterocycles. The number of benzene rings is 1. The van der Waals surface area contributed by atoms with Crippen molar-refractivity contribution in [2.75, 3.05) is 13.7 Å². The highest BCUT2D eigenvalue weighted by molar-refractivity contribution is 5.41. The topological polar surface area (TPSA) is 35.2 Å². The van der Waals surface area contributed by atoms with Crippen LogP contribution < -0.4 is 10.5 Å². The molecule has 2 heteroatoms. The molecule has 1 aromatic carbocycles. The lowest BCUT2D eigenvalue weighted by molar-refractivity contribution is 0.393. The summed E-state index contributed by atoms with van der Waals surface area (Å²) < 4.78 is 5.33. The van der Waals surface area contributed by atoms with Gasteiger partial charge in [0.15, 0.2) is 0 Å². The number of nitrogens with two attached hydrogens (primary N) is 1. The van der Waals surface area contributed by atoms with Crippen LogP contribution in [0.2, 0.25) is 0 Å². The zero-order valence-corrected chi connectivity index (χ0v) is 9.42. The number of hydrogen-bond acceptors (Lipinski definition) is 2. The molecule has 0 heterocycles. The summed E-state index contributed by atoms with van der Waals surface area (Å²) >= 11 is 0. The minimum Gasteiger partial charge on any atom is -0.496 e. The van der Waals surface area contributed by atoms with Gasteiger partial charge in [0, 0.05) is 17.5 Å². The maximum atomic E-state index is 5.76. The van der Waals surface area contributed by atoms with E-state index in [-0.39, 0.29) is 5.41 Å². The van der Waals surface area contributed by atoms with E-state index < -0.39 is 0 Å². The number of rotatable bonds is 3. The van der Waals surface area contributed by atoms with E-state index in [4.69, 9.17) is 10.5 Å². The molecule has 78 valence electrons. The first kappa shape index (κ1) is 11.1. The Hall–Kier alpha value is -1.02. The molecule has 14 heavy (non-hydrogen) atoms. The van der Waals surface area contributed by atoms with Gasteiger partial charge in [-0.1, -0.05) is 31.5 Å². The first-order chi connectivity index (χ1) is 6.51. The zero-order chi connectivity index (χ0) is 10.8. The van der Waals surface area contributed by atoms with Crippen LogP contribution in [0.1, 0.15) is 25.0 Å². The lowest BCUT2D eigenvalue weighted by Crippen LogP contribution is -2.28. The maximum absolute atomic E-state index is 5.76. The number of methoxy groups -OCH3 is 1. The van der Waals surface area contributed by atoms with Gasteiger partial charge in [-0.15, -0.1) is 0 Å². The molecular formula is C12H19NO. The van der Waals surface area contributed by atoms with Gasteiger partial charge in [0.2, 0.25) is 0 Å². The number of ether oxygens (including phenoxy) is 1. The molecule has 0 aliphatic carbocycles. The zero-order valence-electron chi connectivity index (χ0n) is 9.42. The summed E-state index contributed by atoms with van der Waals surface area (Å²) in [5.74, 6) is 0.922. The van der Waals surface area contributed by atoms with Gasteiger partial charge >= 0.3 is 0 Å². The molecule has 1 aromatic rings. The van der Waals surface area contributed by atoms with Gasteiger partial charge in [-0.05, 0) is 13.0 Å². The minimum absolute atomic E-state index is 0.0304. The third-order valence-corrected chi connectivity index (χ3v) is 2.59. The van der Waals surface area contributed by atoms with Gasteiger partial charge in [-0.2, -0.15) is 0 Å². The molecular weight excluding hydrogens is 174 g/mol. The molecule has 1 rings (SSSR count). The van der Waals surface area contributed by atoms with E-state index in [0.717, 1.165) is 5.75 Å². The summed E-state index contributed by atoms with van der Waals surface area (Å²) in [6.45, 7) is 6.96. The van der Waals surface area contributed by atoms with Gasteiger partial charge in [0.25, 0.3) is 0 Å². The Morgan fingerprint density at radius 3 is 2.50 bits per heavy atom. The van der Waals surface area contributed by atoms with Crippen molar-refractivity contribution in [2.45, 2.75) is 26.2 Å². The van der Waals surface area contributed by atoms with Crippen LogP contribution in [-0.2, 0) is 5.41 Å². The summed E-state index contributed by atoms with van der Waals surface area (Å²) in [6, 6.07) is 6.20. The second kappa shape index (κ2) is 4.01. The van der Waals surface area contributed by atoms with E-state index in [9.17, 15) is 0 Å². The monoisotopic (exact) mass is 193 g/mol. The van der Waals surface area contributed by atoms with Gasteiger partial charge in [0.1, 0.15) is 5.75 Å². The molecule has 0 aromatic heterocycles. The van der Waals surface area contributed by atoms with Crippen LogP contribution in [0.25, 0.3) is 0 Å². The Balaban J connectivity index is 3.23. The maximum Gasteiger partial charge on any atom is 0.122 e. The average molecular weight is 193 g/mol. The highest BCUT2D eigenvalue weighted by atomic mass is 16.5. The van der Waals surface area contributed by atoms with Crippen LogP contribution in [-0.4, -0.2) is 13.7 Å². The first-order valence-corrected chi connectivity index (χ1v) is 4.86. The molecule has 2 N–H and O–H groups in total. The minimum atomic E-state index is -0.0304. The number of hydrogen-bond donors (Lipinski definition) is 1. The van der Waals surface area contributed by atoms with E-state index in [1.807, 2.05) is 6.07 Å². The molecule has 0 unspecified atom stereocenters. The first-order valence-electron chi connectivity index (χ1n) is 4.86. The van der Waals surface area contributed by atoms with Crippen LogP contribution in [0.4, 0.5) is 0 Å². The fraction of sp³-hybridized carbons (Fsp3) is 0.500. The van der Waals surface area contributed by atoms with Crippen molar-refractivity contribution >= 4 is 0 Å². The molecule has 0 bridgehead atoms. The van der Waals surface area contributed by atoms with Crippen molar-refractivity contribution in [2.24, 2.45) is 5.73 Å². The Morgan fingerprint density at radius 2 is 2.00 bits per heavy atom. The summed E-state index contributed by atoms with van der Waals surface area (Å²) in [6.07, 6.45) is 0. The molecule has 0 saturated carbocycles. The van der Waals surface area contributed by atoms with Crippen LogP contribution in [0.15, 0.2) is 18.2 Å². The molecule has 0 aliphatic rings.